The van der Waals surface area contributed by atoms with Gasteiger partial charge >= 0.3 is 0 Å². The summed E-state index contributed by atoms with van der Waals surface area (Å²) >= 11 is 3.29. The fourth-order valence-corrected chi connectivity index (χ4v) is 3.53. The van der Waals surface area contributed by atoms with Crippen molar-refractivity contribution in [3.8, 4) is 11.5 Å². The van der Waals surface area contributed by atoms with E-state index in [1.807, 2.05) is 0 Å². The summed E-state index contributed by atoms with van der Waals surface area (Å²) in [5, 5.41) is 2.66. The summed E-state index contributed by atoms with van der Waals surface area (Å²) in [4.78, 5) is 12.1. The smallest absolute Gasteiger partial charge is 0.261 e. The molecule has 0 aliphatic heterocycles. The van der Waals surface area contributed by atoms with E-state index in [-0.39, 0.29) is 28.7 Å². The number of amides is 1. The Morgan fingerprint density at radius 3 is 2.20 bits per heavy atom. The Hall–Kier alpha value is -1.77. The van der Waals surface area contributed by atoms with Gasteiger partial charge in [-0.15, -0.1) is 0 Å². The molecule has 2 rings (SSSR count). The van der Waals surface area contributed by atoms with Crippen LogP contribution in [-0.2, 0) is 15.6 Å². The lowest BCUT2D eigenvalue weighted by molar-refractivity contribution is 0.0950. The van der Waals surface area contributed by atoms with Crippen molar-refractivity contribution in [1.29, 1.82) is 0 Å². The van der Waals surface area contributed by atoms with E-state index in [0.29, 0.717) is 11.3 Å². The number of benzene rings is 2. The second kappa shape index (κ2) is 8.07. The summed E-state index contributed by atoms with van der Waals surface area (Å²) in [7, 11) is 4.28. The highest BCUT2D eigenvalue weighted by molar-refractivity contribution is 9.10. The van der Waals surface area contributed by atoms with Crippen LogP contribution in [0.5, 0.6) is 11.5 Å². The molecule has 0 aliphatic rings. The minimum Gasteiger partial charge on any atom is -0.493 e. The van der Waals surface area contributed by atoms with Crippen molar-refractivity contribution in [2.24, 2.45) is 0 Å². The maximum atomic E-state index is 12.2. The summed E-state index contributed by atoms with van der Waals surface area (Å²) in [6, 6.07) is 9.50. The standard InChI is InChI=1S/C16H15BrClNO5S/c1-23-13-7-11(15(25(18,21)22)8-14(13)24-2)9-19-16(20)10-3-5-12(17)6-4-10/h3-8H,9H2,1-2H3,(H,19,20). The first-order chi connectivity index (χ1) is 11.8. The molecule has 2 aromatic rings. The molecule has 0 fully saturated rings. The van der Waals surface area contributed by atoms with Gasteiger partial charge in [0, 0.05) is 33.3 Å². The van der Waals surface area contributed by atoms with E-state index in [0.717, 1.165) is 4.47 Å². The van der Waals surface area contributed by atoms with Gasteiger partial charge in [0.1, 0.15) is 0 Å². The van der Waals surface area contributed by atoms with E-state index in [2.05, 4.69) is 21.2 Å². The van der Waals surface area contributed by atoms with Crippen LogP contribution in [0.4, 0.5) is 0 Å². The minimum atomic E-state index is -4.03. The number of carbonyl (C=O) groups is 1. The van der Waals surface area contributed by atoms with Crippen LogP contribution in [0.1, 0.15) is 15.9 Å². The Balaban J connectivity index is 2.31. The van der Waals surface area contributed by atoms with Crippen molar-refractivity contribution >= 4 is 41.6 Å². The summed E-state index contributed by atoms with van der Waals surface area (Å²) in [5.74, 6) is 0.212. The average Bonchev–Trinajstić information content (AvgIpc) is 2.58. The quantitative estimate of drug-likeness (QED) is 0.686. The van der Waals surface area contributed by atoms with Crippen molar-refractivity contribution in [2.45, 2.75) is 11.4 Å². The fourth-order valence-electron chi connectivity index (χ4n) is 2.15. The number of hydrogen-bond acceptors (Lipinski definition) is 5. The molecular weight excluding hydrogens is 434 g/mol. The van der Waals surface area contributed by atoms with E-state index in [1.165, 1.54) is 26.4 Å². The molecule has 0 unspecified atom stereocenters. The normalized spacial score (nSPS) is 11.0. The maximum absolute atomic E-state index is 12.2. The molecule has 1 N–H and O–H groups in total. The first-order valence-electron chi connectivity index (χ1n) is 6.99. The van der Waals surface area contributed by atoms with Crippen LogP contribution in [-0.4, -0.2) is 28.5 Å². The van der Waals surface area contributed by atoms with Crippen molar-refractivity contribution in [2.75, 3.05) is 14.2 Å². The number of methoxy groups -OCH3 is 2. The van der Waals surface area contributed by atoms with E-state index in [9.17, 15) is 13.2 Å². The number of halogens is 2. The van der Waals surface area contributed by atoms with Gasteiger partial charge in [-0.25, -0.2) is 8.42 Å². The molecule has 2 aromatic carbocycles. The molecular formula is C16H15BrClNO5S. The lowest BCUT2D eigenvalue weighted by Crippen LogP contribution is -2.23. The van der Waals surface area contributed by atoms with Crippen molar-refractivity contribution in [1.82, 2.24) is 5.32 Å². The first-order valence-corrected chi connectivity index (χ1v) is 10.1. The summed E-state index contributed by atoms with van der Waals surface area (Å²) in [6.45, 7) is -0.0451. The van der Waals surface area contributed by atoms with Crippen LogP contribution in [0.2, 0.25) is 0 Å². The molecule has 0 radical (unpaired) electrons. The number of rotatable bonds is 6. The molecule has 0 aromatic heterocycles. The number of hydrogen-bond donors (Lipinski definition) is 1. The molecule has 0 spiro atoms. The summed E-state index contributed by atoms with van der Waals surface area (Å²) in [5.41, 5.74) is 0.733. The Morgan fingerprint density at radius 2 is 1.68 bits per heavy atom. The predicted octanol–water partition coefficient (Wildman–Crippen LogP) is 3.32. The zero-order chi connectivity index (χ0) is 18.6. The third-order valence-electron chi connectivity index (χ3n) is 3.38. The molecule has 134 valence electrons. The Labute approximate surface area is 158 Å². The minimum absolute atomic E-state index is 0.0451. The Morgan fingerprint density at radius 1 is 1.12 bits per heavy atom. The summed E-state index contributed by atoms with van der Waals surface area (Å²) in [6.07, 6.45) is 0. The first kappa shape index (κ1) is 19.6. The monoisotopic (exact) mass is 447 g/mol. The van der Waals surface area contributed by atoms with Gasteiger partial charge in [-0.05, 0) is 35.9 Å². The van der Waals surface area contributed by atoms with Crippen LogP contribution in [0.25, 0.3) is 0 Å². The second-order valence-electron chi connectivity index (χ2n) is 4.94. The van der Waals surface area contributed by atoms with E-state index in [4.69, 9.17) is 20.2 Å². The lowest BCUT2D eigenvalue weighted by Gasteiger charge is -2.14. The van der Waals surface area contributed by atoms with E-state index >= 15 is 0 Å². The van der Waals surface area contributed by atoms with Crippen molar-refractivity contribution in [3.05, 3.63) is 52.0 Å². The van der Waals surface area contributed by atoms with Gasteiger partial charge in [-0.1, -0.05) is 15.9 Å². The van der Waals surface area contributed by atoms with Gasteiger partial charge in [-0.2, -0.15) is 0 Å². The SMILES string of the molecule is COc1cc(CNC(=O)c2ccc(Br)cc2)c(S(=O)(=O)Cl)cc1OC. The van der Waals surface area contributed by atoms with Gasteiger partial charge in [0.2, 0.25) is 0 Å². The highest BCUT2D eigenvalue weighted by atomic mass is 79.9. The predicted molar refractivity (Wildman–Crippen MR) is 97.9 cm³/mol. The zero-order valence-corrected chi connectivity index (χ0v) is 16.5. The molecule has 0 atom stereocenters. The fraction of sp³-hybridized carbons (Fsp3) is 0.188. The number of ether oxygens (including phenoxy) is 2. The van der Waals surface area contributed by atoms with Gasteiger partial charge in [0.05, 0.1) is 19.1 Å². The van der Waals surface area contributed by atoms with Crippen LogP contribution < -0.4 is 14.8 Å². The summed E-state index contributed by atoms with van der Waals surface area (Å²) < 4.78 is 34.8. The molecule has 0 bridgehead atoms. The Bertz CT molecular complexity index is 884. The van der Waals surface area contributed by atoms with E-state index in [1.54, 1.807) is 24.3 Å². The van der Waals surface area contributed by atoms with Crippen LogP contribution in [0, 0.1) is 0 Å². The average molecular weight is 449 g/mol. The molecule has 0 heterocycles. The van der Waals surface area contributed by atoms with Crippen molar-refractivity contribution in [3.63, 3.8) is 0 Å². The second-order valence-corrected chi connectivity index (χ2v) is 8.39. The topological polar surface area (TPSA) is 81.7 Å². The third-order valence-corrected chi connectivity index (χ3v) is 5.31. The van der Waals surface area contributed by atoms with Gasteiger partial charge in [-0.3, -0.25) is 4.79 Å². The molecule has 6 nitrogen and oxygen atoms in total. The third kappa shape index (κ3) is 4.87. The molecule has 0 aliphatic carbocycles. The number of carbonyl (C=O) groups excluding carboxylic acids is 1. The number of nitrogens with one attached hydrogen (secondary N) is 1. The zero-order valence-electron chi connectivity index (χ0n) is 13.4. The highest BCUT2D eigenvalue weighted by Gasteiger charge is 2.20. The highest BCUT2D eigenvalue weighted by Crippen LogP contribution is 2.34. The lowest BCUT2D eigenvalue weighted by atomic mass is 10.1. The maximum Gasteiger partial charge on any atom is 0.261 e. The van der Waals surface area contributed by atoms with Gasteiger partial charge in [0.15, 0.2) is 11.5 Å². The van der Waals surface area contributed by atoms with Gasteiger partial charge < -0.3 is 14.8 Å². The van der Waals surface area contributed by atoms with Crippen LogP contribution in [0.3, 0.4) is 0 Å². The molecule has 0 saturated heterocycles. The van der Waals surface area contributed by atoms with Crippen molar-refractivity contribution < 1.29 is 22.7 Å². The molecule has 0 saturated carbocycles. The van der Waals surface area contributed by atoms with Gasteiger partial charge in [0.25, 0.3) is 15.0 Å². The Kier molecular flexibility index (Phi) is 6.31. The van der Waals surface area contributed by atoms with Crippen LogP contribution >= 0.6 is 26.6 Å². The largest absolute Gasteiger partial charge is 0.493 e. The van der Waals surface area contributed by atoms with E-state index < -0.39 is 9.05 Å². The molecule has 9 heteroatoms. The molecule has 25 heavy (non-hydrogen) atoms. The molecule has 1 amide bonds. The van der Waals surface area contributed by atoms with Crippen LogP contribution in [0.15, 0.2) is 45.8 Å².